The van der Waals surface area contributed by atoms with Crippen molar-refractivity contribution in [2.24, 2.45) is 0 Å². The third-order valence-corrected chi connectivity index (χ3v) is 15.8. The van der Waals surface area contributed by atoms with E-state index in [-0.39, 0.29) is 18.9 Å². The zero-order valence-electron chi connectivity index (χ0n) is 49.4. The Morgan fingerprint density at radius 3 is 1.29 bits per heavy atom. The molecule has 0 radical (unpaired) electrons. The van der Waals surface area contributed by atoms with E-state index in [1.54, 1.807) is 6.08 Å². The summed E-state index contributed by atoms with van der Waals surface area (Å²) in [6.45, 7) is 2.80. The van der Waals surface area contributed by atoms with E-state index in [0.717, 1.165) is 57.8 Å². The summed E-state index contributed by atoms with van der Waals surface area (Å²) in [6, 6.07) is -0.919. The fourth-order valence-electron chi connectivity index (χ4n) is 10.6. The van der Waals surface area contributed by atoms with E-state index in [1.807, 2.05) is 6.08 Å². The maximum atomic E-state index is 13.3. The summed E-state index contributed by atoms with van der Waals surface area (Å²) < 4.78 is 22.8. The Balaban J connectivity index is 1.73. The highest BCUT2D eigenvalue weighted by Crippen LogP contribution is 2.30. The Morgan fingerprint density at radius 2 is 0.846 bits per heavy atom. The van der Waals surface area contributed by atoms with Crippen LogP contribution in [0.15, 0.2) is 36.5 Å². The van der Waals surface area contributed by atoms with Crippen LogP contribution < -0.4 is 5.32 Å². The highest BCUT2D eigenvalue weighted by molar-refractivity contribution is 5.76. The number of allylic oxidation sites excluding steroid dienone is 5. The molecule has 458 valence electrons. The summed E-state index contributed by atoms with van der Waals surface area (Å²) in [7, 11) is 0. The molecule has 0 aliphatic carbocycles. The molecule has 2 rings (SSSR count). The van der Waals surface area contributed by atoms with Crippen LogP contribution in [0, 0.1) is 0 Å². The van der Waals surface area contributed by atoms with E-state index in [1.165, 1.54) is 186 Å². The lowest BCUT2D eigenvalue weighted by atomic mass is 9.97. The van der Waals surface area contributed by atoms with Crippen molar-refractivity contribution in [3.05, 3.63) is 36.5 Å². The van der Waals surface area contributed by atoms with E-state index in [9.17, 15) is 45.6 Å². The second kappa shape index (κ2) is 49.8. The fraction of sp³-hybridized carbons (Fsp3) is 0.891. The van der Waals surface area contributed by atoms with Gasteiger partial charge in [-0.3, -0.25) is 4.79 Å². The number of amides is 1. The molecule has 0 saturated carbocycles. The van der Waals surface area contributed by atoms with Gasteiger partial charge in [-0.1, -0.05) is 249 Å². The molecule has 0 spiro atoms. The largest absolute Gasteiger partial charge is 0.394 e. The number of hydrogen-bond acceptors (Lipinski definition) is 13. The Labute approximate surface area is 474 Å². The molecule has 2 aliphatic heterocycles. The first kappa shape index (κ1) is 72.3. The van der Waals surface area contributed by atoms with Crippen molar-refractivity contribution in [2.45, 2.75) is 344 Å². The highest BCUT2D eigenvalue weighted by Gasteiger charge is 2.51. The maximum absolute atomic E-state index is 13.3. The molecule has 0 aromatic rings. The Hall–Kier alpha value is -1.79. The molecule has 14 heteroatoms. The van der Waals surface area contributed by atoms with Gasteiger partial charge in [-0.2, -0.15) is 0 Å². The van der Waals surface area contributed by atoms with Gasteiger partial charge in [0.1, 0.15) is 48.8 Å². The lowest BCUT2D eigenvalue weighted by Crippen LogP contribution is -2.65. The van der Waals surface area contributed by atoms with Crippen molar-refractivity contribution in [1.82, 2.24) is 5.32 Å². The lowest BCUT2D eigenvalue weighted by Gasteiger charge is -2.46. The van der Waals surface area contributed by atoms with Gasteiger partial charge < -0.3 is 65.1 Å². The van der Waals surface area contributed by atoms with Gasteiger partial charge in [-0.25, -0.2) is 0 Å². The van der Waals surface area contributed by atoms with E-state index < -0.39 is 86.8 Å². The molecule has 12 atom stereocenters. The standard InChI is InChI=1S/C64H119NO13/c1-3-5-7-9-11-13-15-17-19-21-23-24-25-26-27-28-29-30-31-33-35-37-39-41-43-45-47-53(68)52(65-56(69)48-46-44-42-40-38-36-34-32-22-20-18-16-14-12-10-8-6-4-2)51-75-63-61(74)59(72)62(55(50-67)77-63)78-64-60(73)58(71)57(70)54(49-66)76-64/h14,16,20,22,45,47,52-55,57-64,66-68,70-74H,3-13,15,17-19,21,23-44,46,48-51H2,1-2H3,(H,65,69)/b16-14-,22-20-,47-45+. The van der Waals surface area contributed by atoms with Crippen LogP contribution in [0.25, 0.3) is 0 Å². The number of ether oxygens (including phenoxy) is 4. The van der Waals surface area contributed by atoms with Crippen LogP contribution >= 0.6 is 0 Å². The van der Waals surface area contributed by atoms with Crippen molar-refractivity contribution in [1.29, 1.82) is 0 Å². The van der Waals surface area contributed by atoms with Gasteiger partial charge in [0.15, 0.2) is 12.6 Å². The zero-order valence-corrected chi connectivity index (χ0v) is 49.4. The number of unbranched alkanes of at least 4 members (excludes halogenated alkanes) is 35. The van der Waals surface area contributed by atoms with Gasteiger partial charge in [0.25, 0.3) is 0 Å². The van der Waals surface area contributed by atoms with Gasteiger partial charge in [0, 0.05) is 6.42 Å². The molecular weight excluding hydrogens is 991 g/mol. The summed E-state index contributed by atoms with van der Waals surface area (Å²) in [5.74, 6) is -0.245. The van der Waals surface area contributed by atoms with Crippen LogP contribution in [-0.4, -0.2) is 140 Å². The molecule has 78 heavy (non-hydrogen) atoms. The van der Waals surface area contributed by atoms with Crippen molar-refractivity contribution in [3.8, 4) is 0 Å². The maximum Gasteiger partial charge on any atom is 0.220 e. The average molecular weight is 1110 g/mol. The van der Waals surface area contributed by atoms with E-state index >= 15 is 0 Å². The van der Waals surface area contributed by atoms with Gasteiger partial charge in [-0.15, -0.1) is 0 Å². The number of carbonyl (C=O) groups excluding carboxylic acids is 1. The number of aliphatic hydroxyl groups is 8. The predicted molar refractivity (Wildman–Crippen MR) is 314 cm³/mol. The Morgan fingerprint density at radius 1 is 0.462 bits per heavy atom. The number of aliphatic hydroxyl groups excluding tert-OH is 8. The van der Waals surface area contributed by atoms with Crippen LogP contribution in [0.5, 0.6) is 0 Å². The van der Waals surface area contributed by atoms with Crippen molar-refractivity contribution in [2.75, 3.05) is 19.8 Å². The fourth-order valence-corrected chi connectivity index (χ4v) is 10.6. The molecule has 0 bridgehead atoms. The summed E-state index contributed by atoms with van der Waals surface area (Å²) >= 11 is 0. The molecule has 0 aromatic carbocycles. The van der Waals surface area contributed by atoms with Crippen LogP contribution in [0.1, 0.15) is 271 Å². The summed E-state index contributed by atoms with van der Waals surface area (Å²) in [5, 5.41) is 87.2. The first-order chi connectivity index (χ1) is 38.1. The molecule has 2 fully saturated rings. The second-order valence-corrected chi connectivity index (χ2v) is 22.9. The summed E-state index contributed by atoms with van der Waals surface area (Å²) in [4.78, 5) is 13.3. The smallest absolute Gasteiger partial charge is 0.220 e. The molecule has 2 aliphatic rings. The molecule has 14 nitrogen and oxygen atoms in total. The van der Waals surface area contributed by atoms with Crippen molar-refractivity contribution >= 4 is 5.91 Å². The molecule has 0 aromatic heterocycles. The SMILES string of the molecule is CCCCCC/C=C\C/C=C\CCCCCCCCCC(=O)NC(COC1OC(CO)C(OC2OC(CO)C(O)C(O)C2O)C(O)C1O)C(O)/C=C/CCCCCCCCCCCCCCCCCCCCCCCCCC. The van der Waals surface area contributed by atoms with Crippen molar-refractivity contribution in [3.63, 3.8) is 0 Å². The first-order valence-electron chi connectivity index (χ1n) is 32.2. The van der Waals surface area contributed by atoms with Gasteiger partial charge in [0.2, 0.25) is 5.91 Å². The average Bonchev–Trinajstić information content (AvgIpc) is 3.48. The normalized spacial score (nSPS) is 24.7. The monoisotopic (exact) mass is 1110 g/mol. The molecule has 1 amide bonds. The third kappa shape index (κ3) is 34.6. The molecule has 12 unspecified atom stereocenters. The first-order valence-corrected chi connectivity index (χ1v) is 32.2. The molecule has 2 heterocycles. The quantitative estimate of drug-likeness (QED) is 0.0204. The van der Waals surface area contributed by atoms with Crippen LogP contribution in [-0.2, 0) is 23.7 Å². The number of hydrogen-bond donors (Lipinski definition) is 9. The summed E-state index contributed by atoms with van der Waals surface area (Å²) in [5.41, 5.74) is 0. The molecular formula is C64H119NO13. The third-order valence-electron chi connectivity index (χ3n) is 15.8. The minimum absolute atomic E-state index is 0.245. The second-order valence-electron chi connectivity index (χ2n) is 22.9. The van der Waals surface area contributed by atoms with Crippen molar-refractivity contribution < 1.29 is 64.6 Å². The van der Waals surface area contributed by atoms with Gasteiger partial charge >= 0.3 is 0 Å². The summed E-state index contributed by atoms with van der Waals surface area (Å²) in [6.07, 6.45) is 44.7. The lowest BCUT2D eigenvalue weighted by molar-refractivity contribution is -0.359. The van der Waals surface area contributed by atoms with Gasteiger partial charge in [0.05, 0.1) is 32.0 Å². The predicted octanol–water partition coefficient (Wildman–Crippen LogP) is 11.8. The Kier molecular flexibility index (Phi) is 46.2. The van der Waals surface area contributed by atoms with Gasteiger partial charge in [-0.05, 0) is 51.4 Å². The van der Waals surface area contributed by atoms with E-state index in [2.05, 4.69) is 43.5 Å². The minimum atomic E-state index is -1.79. The van der Waals surface area contributed by atoms with Crippen LogP contribution in [0.2, 0.25) is 0 Å². The van der Waals surface area contributed by atoms with Crippen LogP contribution in [0.3, 0.4) is 0 Å². The number of nitrogens with one attached hydrogen (secondary N) is 1. The minimum Gasteiger partial charge on any atom is -0.394 e. The zero-order chi connectivity index (χ0) is 56.7. The molecule has 9 N–H and O–H groups in total. The molecule has 2 saturated heterocycles. The Bertz CT molecular complexity index is 1450. The van der Waals surface area contributed by atoms with E-state index in [0.29, 0.717) is 6.42 Å². The van der Waals surface area contributed by atoms with E-state index in [4.69, 9.17) is 18.9 Å². The van der Waals surface area contributed by atoms with Crippen LogP contribution in [0.4, 0.5) is 0 Å². The number of carbonyl (C=O) groups is 1. The number of rotatable bonds is 52. The topological polar surface area (TPSA) is 228 Å². The highest BCUT2D eigenvalue weighted by atomic mass is 16.7.